The van der Waals surface area contributed by atoms with Crippen LogP contribution >= 0.6 is 0 Å². The van der Waals surface area contributed by atoms with Gasteiger partial charge in [0.05, 0.1) is 12.7 Å². The van der Waals surface area contributed by atoms with Crippen LogP contribution in [0.5, 0.6) is 0 Å². The van der Waals surface area contributed by atoms with Crippen LogP contribution < -0.4 is 5.32 Å². The van der Waals surface area contributed by atoms with E-state index in [2.05, 4.69) is 0 Å². The van der Waals surface area contributed by atoms with Gasteiger partial charge in [-0.1, -0.05) is 0 Å². The molecule has 0 aromatic rings. The molecule has 9 heteroatoms. The minimum absolute atomic E-state index is 0.0417. The normalized spacial score (nSPS) is 43.5. The first-order valence-corrected chi connectivity index (χ1v) is 5.77. The Hall–Kier alpha value is -1.26. The molecule has 2 heterocycles. The fourth-order valence-electron chi connectivity index (χ4n) is 2.13. The molecule has 108 valence electrons. The van der Waals surface area contributed by atoms with E-state index < -0.39 is 48.8 Å². The summed E-state index contributed by atoms with van der Waals surface area (Å²) in [5, 5.41) is 40.2. The molecule has 2 saturated heterocycles. The summed E-state index contributed by atoms with van der Waals surface area (Å²) in [6.45, 7) is 0.611. The van der Waals surface area contributed by atoms with Crippen LogP contribution in [0, 0.1) is 0 Å². The predicted octanol–water partition coefficient (Wildman–Crippen LogP) is -2.92. The Labute approximate surface area is 108 Å². The lowest BCUT2D eigenvalue weighted by molar-refractivity contribution is -0.193. The number of urea groups is 1. The second-order valence-electron chi connectivity index (χ2n) is 4.80. The fourth-order valence-corrected chi connectivity index (χ4v) is 2.13. The molecule has 0 saturated carbocycles. The number of carbonyl (C=O) groups excluding carboxylic acids is 2. The van der Waals surface area contributed by atoms with Crippen molar-refractivity contribution >= 4 is 11.9 Å². The molecule has 2 aliphatic rings. The molecule has 2 aliphatic heterocycles. The van der Waals surface area contributed by atoms with Crippen LogP contribution in [0.25, 0.3) is 0 Å². The van der Waals surface area contributed by atoms with Crippen molar-refractivity contribution in [3.63, 3.8) is 0 Å². The monoisotopic (exact) mass is 276 g/mol. The summed E-state index contributed by atoms with van der Waals surface area (Å²) in [6.07, 6.45) is -4.77. The van der Waals surface area contributed by atoms with Gasteiger partial charge in [-0.25, -0.2) is 4.79 Å². The second-order valence-corrected chi connectivity index (χ2v) is 4.80. The summed E-state index contributed by atoms with van der Waals surface area (Å²) < 4.78 is 5.21. The molecule has 0 aromatic heterocycles. The van der Waals surface area contributed by atoms with Crippen molar-refractivity contribution in [2.45, 2.75) is 43.6 Å². The van der Waals surface area contributed by atoms with Gasteiger partial charge in [-0.15, -0.1) is 0 Å². The van der Waals surface area contributed by atoms with E-state index in [0.29, 0.717) is 0 Å². The molecule has 0 aliphatic carbocycles. The van der Waals surface area contributed by atoms with Crippen molar-refractivity contribution in [3.8, 4) is 0 Å². The van der Waals surface area contributed by atoms with Crippen molar-refractivity contribution in [2.75, 3.05) is 6.61 Å². The van der Waals surface area contributed by atoms with E-state index in [4.69, 9.17) is 9.84 Å². The van der Waals surface area contributed by atoms with Crippen LogP contribution in [0.2, 0.25) is 0 Å². The van der Waals surface area contributed by atoms with Gasteiger partial charge >= 0.3 is 6.03 Å². The first-order valence-electron chi connectivity index (χ1n) is 5.77. The molecule has 9 nitrogen and oxygen atoms in total. The van der Waals surface area contributed by atoms with E-state index >= 15 is 0 Å². The molecule has 0 spiro atoms. The molecule has 2 rings (SSSR count). The average Bonchev–Trinajstić information content (AvgIpc) is 2.68. The third kappa shape index (κ3) is 2.19. The Balaban J connectivity index is 2.20. The third-order valence-corrected chi connectivity index (χ3v) is 3.38. The Bertz CT molecular complexity index is 399. The topological polar surface area (TPSA) is 140 Å². The van der Waals surface area contributed by atoms with Crippen LogP contribution in [0.15, 0.2) is 0 Å². The highest BCUT2D eigenvalue weighted by molar-refractivity contribution is 6.01. The van der Waals surface area contributed by atoms with Gasteiger partial charge in [-0.3, -0.25) is 15.0 Å². The van der Waals surface area contributed by atoms with E-state index in [1.807, 2.05) is 5.32 Å². The number of nitrogens with zero attached hydrogens (tertiary/aromatic N) is 1. The molecule has 0 bridgehead atoms. The van der Waals surface area contributed by atoms with Crippen molar-refractivity contribution in [2.24, 2.45) is 0 Å². The SMILES string of the molecule is CC1(O)C(=O)NC(=O)N([C@H]2C[C@H](O)[C@@H](CO)O2)[C@H]1O. The van der Waals surface area contributed by atoms with E-state index in [0.717, 1.165) is 11.8 Å². The molecule has 0 radical (unpaired) electrons. The lowest BCUT2D eigenvalue weighted by Crippen LogP contribution is -2.70. The van der Waals surface area contributed by atoms with Gasteiger partial charge in [0.1, 0.15) is 12.3 Å². The Morgan fingerprint density at radius 1 is 1.47 bits per heavy atom. The lowest BCUT2D eigenvalue weighted by Gasteiger charge is -2.42. The van der Waals surface area contributed by atoms with Gasteiger partial charge in [0.15, 0.2) is 11.8 Å². The Morgan fingerprint density at radius 2 is 2.11 bits per heavy atom. The van der Waals surface area contributed by atoms with E-state index in [1.54, 1.807) is 0 Å². The summed E-state index contributed by atoms with van der Waals surface area (Å²) >= 11 is 0. The Morgan fingerprint density at radius 3 is 2.63 bits per heavy atom. The summed E-state index contributed by atoms with van der Waals surface area (Å²) in [6, 6.07) is -0.931. The maximum atomic E-state index is 11.7. The summed E-state index contributed by atoms with van der Waals surface area (Å²) in [5.41, 5.74) is -2.18. The van der Waals surface area contributed by atoms with Crippen molar-refractivity contribution in [1.82, 2.24) is 10.2 Å². The van der Waals surface area contributed by atoms with Crippen LogP contribution in [-0.2, 0) is 9.53 Å². The van der Waals surface area contributed by atoms with Gasteiger partial charge in [-0.2, -0.15) is 0 Å². The third-order valence-electron chi connectivity index (χ3n) is 3.38. The smallest absolute Gasteiger partial charge is 0.328 e. The maximum absolute atomic E-state index is 11.7. The predicted molar refractivity (Wildman–Crippen MR) is 58.4 cm³/mol. The zero-order chi connectivity index (χ0) is 14.4. The number of aliphatic hydroxyl groups excluding tert-OH is 3. The van der Waals surface area contributed by atoms with E-state index in [-0.39, 0.29) is 6.42 Å². The maximum Gasteiger partial charge on any atom is 0.328 e. The van der Waals surface area contributed by atoms with Gasteiger partial charge in [0.25, 0.3) is 5.91 Å². The highest BCUT2D eigenvalue weighted by Crippen LogP contribution is 2.29. The lowest BCUT2D eigenvalue weighted by atomic mass is 10.00. The molecular formula is C10H16N2O7. The summed E-state index contributed by atoms with van der Waals surface area (Å²) in [5.74, 6) is -1.02. The number of ether oxygens (including phenoxy) is 1. The van der Waals surface area contributed by atoms with Crippen molar-refractivity contribution in [3.05, 3.63) is 0 Å². The van der Waals surface area contributed by atoms with Crippen LogP contribution in [-0.4, -0.2) is 74.1 Å². The number of aliphatic hydroxyl groups is 4. The van der Waals surface area contributed by atoms with E-state index in [1.165, 1.54) is 0 Å². The molecule has 1 unspecified atom stereocenters. The first-order chi connectivity index (χ1) is 8.78. The highest BCUT2D eigenvalue weighted by Gasteiger charge is 2.53. The zero-order valence-corrected chi connectivity index (χ0v) is 10.2. The van der Waals surface area contributed by atoms with Crippen LogP contribution in [0.1, 0.15) is 13.3 Å². The standard InChI is InChI=1S/C10H16N2O7/c1-10(18)7(15)11-9(17)12(8(10)16)6-2-4(14)5(3-13)19-6/h4-6,8,13-14,16,18H,2-3H2,1H3,(H,11,15,17)/t4-,5+,6+,8-,10?/m0/s1. The van der Waals surface area contributed by atoms with Gasteiger partial charge in [0.2, 0.25) is 0 Å². The number of hydrogen-bond acceptors (Lipinski definition) is 7. The number of nitrogens with one attached hydrogen (secondary N) is 1. The molecule has 0 aromatic carbocycles. The van der Waals surface area contributed by atoms with Gasteiger partial charge in [0, 0.05) is 6.42 Å². The first kappa shape index (κ1) is 14.2. The summed E-state index contributed by atoms with van der Waals surface area (Å²) in [7, 11) is 0. The number of amides is 3. The number of carbonyl (C=O) groups is 2. The van der Waals surface area contributed by atoms with Gasteiger partial charge in [-0.05, 0) is 6.92 Å². The fraction of sp³-hybridized carbons (Fsp3) is 0.800. The molecule has 19 heavy (non-hydrogen) atoms. The highest BCUT2D eigenvalue weighted by atomic mass is 16.6. The molecule has 3 amide bonds. The van der Waals surface area contributed by atoms with E-state index in [9.17, 15) is 24.9 Å². The number of imide groups is 1. The quantitative estimate of drug-likeness (QED) is 0.364. The largest absolute Gasteiger partial charge is 0.394 e. The number of rotatable bonds is 2. The summed E-state index contributed by atoms with van der Waals surface area (Å²) in [4.78, 5) is 23.8. The van der Waals surface area contributed by atoms with Crippen LogP contribution in [0.3, 0.4) is 0 Å². The Kier molecular flexibility index (Phi) is 3.49. The average molecular weight is 276 g/mol. The van der Waals surface area contributed by atoms with Gasteiger partial charge < -0.3 is 25.2 Å². The van der Waals surface area contributed by atoms with Crippen molar-refractivity contribution < 1.29 is 34.8 Å². The molecular weight excluding hydrogens is 260 g/mol. The molecule has 5 N–H and O–H groups in total. The zero-order valence-electron chi connectivity index (χ0n) is 10.2. The van der Waals surface area contributed by atoms with Crippen LogP contribution in [0.4, 0.5) is 4.79 Å². The second kappa shape index (κ2) is 4.69. The minimum atomic E-state index is -2.18. The minimum Gasteiger partial charge on any atom is -0.394 e. The van der Waals surface area contributed by atoms with Crippen molar-refractivity contribution in [1.29, 1.82) is 0 Å². The molecule has 2 fully saturated rings. The molecule has 5 atom stereocenters. The number of hydrogen-bond donors (Lipinski definition) is 5.